The molecule has 0 aliphatic carbocycles. The number of aromatic nitrogens is 2. The maximum atomic E-state index is 12.4. The van der Waals surface area contributed by atoms with Crippen LogP contribution in [0.5, 0.6) is 5.88 Å². The zero-order valence-corrected chi connectivity index (χ0v) is 17.4. The van der Waals surface area contributed by atoms with Crippen LogP contribution < -0.4 is 5.32 Å². The van der Waals surface area contributed by atoms with Crippen molar-refractivity contribution in [1.82, 2.24) is 20.2 Å². The molecule has 1 aliphatic rings. The van der Waals surface area contributed by atoms with Gasteiger partial charge in [-0.15, -0.1) is 12.4 Å². The number of fused-ring (bicyclic) bond motifs is 1. The van der Waals surface area contributed by atoms with Crippen LogP contribution in [0, 0.1) is 10.1 Å². The molecule has 0 radical (unpaired) electrons. The van der Waals surface area contributed by atoms with Crippen LogP contribution in [0.1, 0.15) is 10.4 Å². The first kappa shape index (κ1) is 22.5. The zero-order chi connectivity index (χ0) is 21.1. The molecule has 11 heteroatoms. The maximum absolute atomic E-state index is 12.4. The van der Waals surface area contributed by atoms with Crippen LogP contribution in [-0.2, 0) is 4.74 Å². The van der Waals surface area contributed by atoms with Crippen LogP contribution in [0.3, 0.4) is 0 Å². The topological polar surface area (TPSA) is 134 Å². The second-order valence-corrected chi connectivity index (χ2v) is 6.98. The van der Waals surface area contributed by atoms with Crippen LogP contribution in [0.15, 0.2) is 36.5 Å². The van der Waals surface area contributed by atoms with E-state index in [-0.39, 0.29) is 29.9 Å². The fraction of sp³-hybridized carbons (Fsp3) is 0.300. The van der Waals surface area contributed by atoms with Crippen LogP contribution >= 0.6 is 12.4 Å². The Morgan fingerprint density at radius 3 is 2.74 bits per heavy atom. The number of aromatic hydroxyl groups is 1. The normalized spacial score (nSPS) is 14.2. The average molecular weight is 448 g/mol. The Morgan fingerprint density at radius 2 is 2.06 bits per heavy atom. The van der Waals surface area contributed by atoms with Crippen LogP contribution in [-0.4, -0.2) is 70.2 Å². The highest BCUT2D eigenvalue weighted by Crippen LogP contribution is 2.37. The summed E-state index contributed by atoms with van der Waals surface area (Å²) in [6.45, 7) is 4.42. The number of carbonyl (C=O) groups is 1. The molecule has 3 N–H and O–H groups in total. The van der Waals surface area contributed by atoms with Gasteiger partial charge in [-0.25, -0.2) is 0 Å². The lowest BCUT2D eigenvalue weighted by Crippen LogP contribution is -2.41. The van der Waals surface area contributed by atoms with Crippen LogP contribution in [0.25, 0.3) is 22.2 Å². The number of aromatic amines is 1. The van der Waals surface area contributed by atoms with E-state index in [2.05, 4.69) is 20.2 Å². The smallest absolute Gasteiger partial charge is 0.270 e. The summed E-state index contributed by atoms with van der Waals surface area (Å²) in [6, 6.07) is 7.50. The minimum atomic E-state index is -0.495. The van der Waals surface area contributed by atoms with Gasteiger partial charge in [0, 0.05) is 55.4 Å². The number of ether oxygens (including phenoxy) is 1. The fourth-order valence-electron chi connectivity index (χ4n) is 3.47. The van der Waals surface area contributed by atoms with Crippen molar-refractivity contribution in [2.45, 2.75) is 0 Å². The lowest BCUT2D eigenvalue weighted by atomic mass is 10.1. The highest BCUT2D eigenvalue weighted by atomic mass is 35.5. The molecule has 1 aliphatic heterocycles. The summed E-state index contributed by atoms with van der Waals surface area (Å²) >= 11 is 0. The molecule has 164 valence electrons. The molecule has 1 fully saturated rings. The van der Waals surface area contributed by atoms with Crippen LogP contribution in [0.2, 0.25) is 0 Å². The molecule has 4 rings (SSSR count). The number of nitrogens with one attached hydrogen (secondary N) is 2. The van der Waals surface area contributed by atoms with Crippen molar-refractivity contribution in [3.63, 3.8) is 0 Å². The molecular formula is C20H22ClN5O5. The summed E-state index contributed by atoms with van der Waals surface area (Å²) in [6.07, 6.45) is 1.43. The molecule has 2 aromatic heterocycles. The molecule has 0 bridgehead atoms. The van der Waals surface area contributed by atoms with E-state index in [4.69, 9.17) is 4.74 Å². The molecule has 0 unspecified atom stereocenters. The summed E-state index contributed by atoms with van der Waals surface area (Å²) in [5.74, 6) is -0.373. The van der Waals surface area contributed by atoms with Gasteiger partial charge in [-0.05, 0) is 18.2 Å². The third-order valence-corrected chi connectivity index (χ3v) is 5.07. The largest absolute Gasteiger partial charge is 0.494 e. The van der Waals surface area contributed by atoms with Crippen LogP contribution in [0.4, 0.5) is 5.69 Å². The summed E-state index contributed by atoms with van der Waals surface area (Å²) < 4.78 is 5.30. The number of benzene rings is 1. The van der Waals surface area contributed by atoms with Crippen molar-refractivity contribution >= 4 is 34.9 Å². The zero-order valence-electron chi connectivity index (χ0n) is 16.5. The lowest BCUT2D eigenvalue weighted by Gasteiger charge is -2.26. The predicted molar refractivity (Wildman–Crippen MR) is 117 cm³/mol. The highest BCUT2D eigenvalue weighted by Gasteiger charge is 2.18. The van der Waals surface area contributed by atoms with Gasteiger partial charge in [0.25, 0.3) is 11.6 Å². The predicted octanol–water partition coefficient (Wildman–Crippen LogP) is 2.33. The molecule has 10 nitrogen and oxygen atoms in total. The van der Waals surface area contributed by atoms with E-state index in [0.717, 1.165) is 19.6 Å². The van der Waals surface area contributed by atoms with Crippen molar-refractivity contribution in [1.29, 1.82) is 0 Å². The van der Waals surface area contributed by atoms with Gasteiger partial charge < -0.3 is 20.1 Å². The van der Waals surface area contributed by atoms with E-state index < -0.39 is 4.92 Å². The van der Waals surface area contributed by atoms with Gasteiger partial charge in [0.05, 0.1) is 35.0 Å². The number of amides is 1. The lowest BCUT2D eigenvalue weighted by molar-refractivity contribution is -0.384. The number of nitro benzene ring substituents is 1. The third kappa shape index (κ3) is 4.93. The van der Waals surface area contributed by atoms with Gasteiger partial charge in [-0.1, -0.05) is 0 Å². The molecule has 3 heterocycles. The average Bonchev–Trinajstić information content (AvgIpc) is 3.09. The van der Waals surface area contributed by atoms with E-state index >= 15 is 0 Å². The molecule has 0 saturated carbocycles. The number of nitrogens with zero attached hydrogens (tertiary/aromatic N) is 3. The molecule has 1 aromatic carbocycles. The first-order valence-electron chi connectivity index (χ1n) is 9.57. The Kier molecular flexibility index (Phi) is 7.06. The third-order valence-electron chi connectivity index (χ3n) is 5.07. The van der Waals surface area contributed by atoms with Crippen molar-refractivity contribution in [2.75, 3.05) is 39.4 Å². The van der Waals surface area contributed by atoms with E-state index in [9.17, 15) is 20.0 Å². The number of morpholine rings is 1. The maximum Gasteiger partial charge on any atom is 0.270 e. The van der Waals surface area contributed by atoms with E-state index in [1.165, 1.54) is 24.4 Å². The quantitative estimate of drug-likeness (QED) is 0.390. The Labute approximate surface area is 183 Å². The van der Waals surface area contributed by atoms with Gasteiger partial charge in [0.1, 0.15) is 0 Å². The van der Waals surface area contributed by atoms with Gasteiger partial charge in [-0.2, -0.15) is 0 Å². The Balaban J connectivity index is 0.00000272. The first-order valence-corrected chi connectivity index (χ1v) is 9.57. The molecule has 0 atom stereocenters. The van der Waals surface area contributed by atoms with Crippen molar-refractivity contribution < 1.29 is 19.6 Å². The molecule has 0 spiro atoms. The van der Waals surface area contributed by atoms with E-state index in [1.807, 2.05) is 0 Å². The number of carbonyl (C=O) groups excluding carboxylic acids is 1. The number of H-pyrrole nitrogens is 1. The summed E-state index contributed by atoms with van der Waals surface area (Å²) in [5.41, 5.74) is 1.63. The van der Waals surface area contributed by atoms with Crippen molar-refractivity contribution in [3.8, 4) is 17.1 Å². The number of hydrogen-bond donors (Lipinski definition) is 3. The molecule has 1 amide bonds. The monoisotopic (exact) mass is 447 g/mol. The van der Waals surface area contributed by atoms with Gasteiger partial charge >= 0.3 is 0 Å². The Morgan fingerprint density at radius 1 is 1.29 bits per heavy atom. The standard InChI is InChI=1S/C20H21N5O5.ClH/c26-19(21-5-6-24-7-9-30-10-8-24)13-1-3-17(22-12-13)18-15-11-14(25(28)29)2-4-16(15)23-20(18)27;/h1-4,11-12,23,27H,5-10H2,(H,21,26);1H. The van der Waals surface area contributed by atoms with E-state index in [0.29, 0.717) is 47.5 Å². The van der Waals surface area contributed by atoms with Crippen molar-refractivity contribution in [2.24, 2.45) is 0 Å². The Hall–Kier alpha value is -3.21. The molecular weight excluding hydrogens is 426 g/mol. The number of halogens is 1. The number of pyridine rings is 1. The SMILES string of the molecule is Cl.O=C(NCCN1CCOCC1)c1ccc(-c2c(O)[nH]c3ccc([N+](=O)[O-])cc23)nc1. The van der Waals surface area contributed by atoms with Gasteiger partial charge in [-0.3, -0.25) is 24.8 Å². The highest BCUT2D eigenvalue weighted by molar-refractivity contribution is 6.00. The summed E-state index contributed by atoms with van der Waals surface area (Å²) in [7, 11) is 0. The number of nitro groups is 1. The van der Waals surface area contributed by atoms with E-state index in [1.54, 1.807) is 12.1 Å². The van der Waals surface area contributed by atoms with Gasteiger partial charge in [0.2, 0.25) is 0 Å². The first-order chi connectivity index (χ1) is 14.5. The number of hydrogen-bond acceptors (Lipinski definition) is 7. The Bertz CT molecular complexity index is 1080. The summed E-state index contributed by atoms with van der Waals surface area (Å²) in [5, 5.41) is 24.7. The second kappa shape index (κ2) is 9.73. The summed E-state index contributed by atoms with van der Waals surface area (Å²) in [4.78, 5) is 32.2. The second-order valence-electron chi connectivity index (χ2n) is 6.98. The minimum absolute atomic E-state index is 0. The molecule has 31 heavy (non-hydrogen) atoms. The number of rotatable bonds is 6. The molecule has 1 saturated heterocycles. The molecule has 3 aromatic rings. The minimum Gasteiger partial charge on any atom is -0.494 e. The van der Waals surface area contributed by atoms with Crippen molar-refractivity contribution in [3.05, 3.63) is 52.2 Å². The van der Waals surface area contributed by atoms with Gasteiger partial charge in [0.15, 0.2) is 5.88 Å². The fourth-order valence-corrected chi connectivity index (χ4v) is 3.47. The number of non-ortho nitro benzene ring substituents is 1.